The first kappa shape index (κ1) is 18.3. The van der Waals surface area contributed by atoms with E-state index in [1.807, 2.05) is 12.1 Å². The Bertz CT molecular complexity index is 507. The number of benzene rings is 1. The summed E-state index contributed by atoms with van der Waals surface area (Å²) in [6.07, 6.45) is -0.300. The summed E-state index contributed by atoms with van der Waals surface area (Å²) in [5, 5.41) is 12.2. The number of amides is 2. The SMILES string of the molecule is COC(CNC(=O)N(C)CC(C)C(=O)O)c1ccc(Cl)cc1. The Morgan fingerprint density at radius 1 is 1.36 bits per heavy atom. The molecule has 6 nitrogen and oxygen atoms in total. The lowest BCUT2D eigenvalue weighted by atomic mass is 10.1. The second-order valence-electron chi connectivity index (χ2n) is 5.08. The molecule has 1 aromatic carbocycles. The van der Waals surface area contributed by atoms with Crippen molar-refractivity contribution in [3.8, 4) is 0 Å². The van der Waals surface area contributed by atoms with Crippen molar-refractivity contribution < 1.29 is 19.4 Å². The van der Waals surface area contributed by atoms with Gasteiger partial charge in [0.05, 0.1) is 12.0 Å². The van der Waals surface area contributed by atoms with Crippen LogP contribution in [0.1, 0.15) is 18.6 Å². The lowest BCUT2D eigenvalue weighted by Crippen LogP contribution is -2.42. The van der Waals surface area contributed by atoms with E-state index < -0.39 is 11.9 Å². The van der Waals surface area contributed by atoms with Crippen LogP contribution in [0, 0.1) is 5.92 Å². The van der Waals surface area contributed by atoms with Gasteiger partial charge in [-0.25, -0.2) is 4.79 Å². The molecular formula is C15H21ClN2O4. The summed E-state index contributed by atoms with van der Waals surface area (Å²) in [5.41, 5.74) is 0.897. The number of aliphatic carboxylic acids is 1. The molecule has 2 unspecified atom stereocenters. The third-order valence-electron chi connectivity index (χ3n) is 3.28. The molecule has 0 saturated carbocycles. The van der Waals surface area contributed by atoms with E-state index in [0.29, 0.717) is 5.02 Å². The van der Waals surface area contributed by atoms with Gasteiger partial charge in [-0.3, -0.25) is 4.79 Å². The highest BCUT2D eigenvalue weighted by Gasteiger charge is 2.18. The molecule has 7 heteroatoms. The minimum Gasteiger partial charge on any atom is -0.481 e. The maximum absolute atomic E-state index is 12.0. The molecule has 0 aliphatic heterocycles. The van der Waals surface area contributed by atoms with Gasteiger partial charge in [0.15, 0.2) is 0 Å². The van der Waals surface area contributed by atoms with E-state index in [-0.39, 0.29) is 25.2 Å². The number of rotatable bonds is 7. The number of halogens is 1. The number of hydrogen-bond acceptors (Lipinski definition) is 3. The molecule has 0 aliphatic carbocycles. The highest BCUT2D eigenvalue weighted by molar-refractivity contribution is 6.30. The number of ether oxygens (including phenoxy) is 1. The van der Waals surface area contributed by atoms with Crippen LogP contribution < -0.4 is 5.32 Å². The monoisotopic (exact) mass is 328 g/mol. The predicted octanol–water partition coefficient (Wildman–Crippen LogP) is 2.39. The van der Waals surface area contributed by atoms with Gasteiger partial charge in [0.25, 0.3) is 0 Å². The quantitative estimate of drug-likeness (QED) is 0.805. The van der Waals surface area contributed by atoms with Gasteiger partial charge in [-0.05, 0) is 17.7 Å². The fourth-order valence-electron chi connectivity index (χ4n) is 1.90. The number of nitrogens with one attached hydrogen (secondary N) is 1. The van der Waals surface area contributed by atoms with Gasteiger partial charge in [-0.2, -0.15) is 0 Å². The molecule has 0 spiro atoms. The molecule has 0 bridgehead atoms. The molecule has 0 aliphatic rings. The van der Waals surface area contributed by atoms with Crippen LogP contribution in [0.2, 0.25) is 5.02 Å². The minimum absolute atomic E-state index is 0.139. The topological polar surface area (TPSA) is 78.9 Å². The Hall–Kier alpha value is -1.79. The fraction of sp³-hybridized carbons (Fsp3) is 0.467. The maximum Gasteiger partial charge on any atom is 0.317 e. The molecule has 0 heterocycles. The van der Waals surface area contributed by atoms with Gasteiger partial charge in [0, 0.05) is 32.3 Å². The maximum atomic E-state index is 12.0. The van der Waals surface area contributed by atoms with Gasteiger partial charge in [-0.15, -0.1) is 0 Å². The fourth-order valence-corrected chi connectivity index (χ4v) is 2.03. The Morgan fingerprint density at radius 3 is 2.45 bits per heavy atom. The lowest BCUT2D eigenvalue weighted by Gasteiger charge is -2.22. The van der Waals surface area contributed by atoms with Gasteiger partial charge in [0.2, 0.25) is 0 Å². The summed E-state index contributed by atoms with van der Waals surface area (Å²) < 4.78 is 5.36. The van der Waals surface area contributed by atoms with Crippen LogP contribution in [0.15, 0.2) is 24.3 Å². The predicted molar refractivity (Wildman–Crippen MR) is 84.0 cm³/mol. The molecule has 1 aromatic rings. The van der Waals surface area contributed by atoms with Crippen LogP contribution >= 0.6 is 11.6 Å². The van der Waals surface area contributed by atoms with Gasteiger partial charge in [-0.1, -0.05) is 30.7 Å². The van der Waals surface area contributed by atoms with Crippen molar-refractivity contribution in [2.45, 2.75) is 13.0 Å². The molecular weight excluding hydrogens is 308 g/mol. The van der Waals surface area contributed by atoms with E-state index in [2.05, 4.69) is 5.32 Å². The number of nitrogens with zero attached hydrogens (tertiary/aromatic N) is 1. The average Bonchev–Trinajstić information content (AvgIpc) is 2.48. The Balaban J connectivity index is 2.53. The highest BCUT2D eigenvalue weighted by Crippen LogP contribution is 2.18. The van der Waals surface area contributed by atoms with Crippen molar-refractivity contribution in [1.29, 1.82) is 0 Å². The molecule has 122 valence electrons. The summed E-state index contributed by atoms with van der Waals surface area (Å²) in [5.74, 6) is -1.55. The van der Waals surface area contributed by atoms with Crippen molar-refractivity contribution in [3.63, 3.8) is 0 Å². The molecule has 22 heavy (non-hydrogen) atoms. The smallest absolute Gasteiger partial charge is 0.317 e. The van der Waals surface area contributed by atoms with Crippen LogP contribution in [0.5, 0.6) is 0 Å². The summed E-state index contributed by atoms with van der Waals surface area (Å²) in [7, 11) is 3.11. The second kappa shape index (κ2) is 8.60. The van der Waals surface area contributed by atoms with Crippen LogP contribution in [-0.2, 0) is 9.53 Å². The van der Waals surface area contributed by atoms with E-state index >= 15 is 0 Å². The Kier molecular flexibility index (Phi) is 7.14. The Morgan fingerprint density at radius 2 is 1.95 bits per heavy atom. The molecule has 0 saturated heterocycles. The number of carbonyl (C=O) groups is 2. The largest absolute Gasteiger partial charge is 0.481 e. The molecule has 1 rings (SSSR count). The molecule has 2 amide bonds. The first-order chi connectivity index (χ1) is 10.3. The second-order valence-corrected chi connectivity index (χ2v) is 5.52. The number of methoxy groups -OCH3 is 1. The third-order valence-corrected chi connectivity index (χ3v) is 3.53. The van der Waals surface area contributed by atoms with E-state index in [0.717, 1.165) is 5.56 Å². The van der Waals surface area contributed by atoms with Gasteiger partial charge in [0.1, 0.15) is 0 Å². The number of urea groups is 1. The first-order valence-electron chi connectivity index (χ1n) is 6.85. The Labute approximate surface area is 135 Å². The normalized spacial score (nSPS) is 13.3. The first-order valence-corrected chi connectivity index (χ1v) is 7.23. The molecule has 2 N–H and O–H groups in total. The van der Waals surface area contributed by atoms with Crippen LogP contribution in [0.25, 0.3) is 0 Å². The summed E-state index contributed by atoms with van der Waals surface area (Å²) >= 11 is 5.84. The molecule has 0 aromatic heterocycles. The van der Waals surface area contributed by atoms with E-state index in [1.165, 1.54) is 4.90 Å². The highest BCUT2D eigenvalue weighted by atomic mass is 35.5. The average molecular weight is 329 g/mol. The van der Waals surface area contributed by atoms with Gasteiger partial charge >= 0.3 is 12.0 Å². The minimum atomic E-state index is -0.935. The van der Waals surface area contributed by atoms with Crippen molar-refractivity contribution in [2.24, 2.45) is 5.92 Å². The number of carboxylic acids is 1. The van der Waals surface area contributed by atoms with E-state index in [9.17, 15) is 9.59 Å². The molecule has 2 atom stereocenters. The number of hydrogen-bond donors (Lipinski definition) is 2. The van der Waals surface area contributed by atoms with Crippen LogP contribution in [-0.4, -0.2) is 49.3 Å². The molecule has 0 fully saturated rings. The summed E-state index contributed by atoms with van der Waals surface area (Å²) in [6.45, 7) is 1.97. The van der Waals surface area contributed by atoms with Crippen molar-refractivity contribution in [1.82, 2.24) is 10.2 Å². The van der Waals surface area contributed by atoms with Crippen molar-refractivity contribution in [2.75, 3.05) is 27.2 Å². The van der Waals surface area contributed by atoms with Crippen molar-refractivity contribution >= 4 is 23.6 Å². The number of carboxylic acid groups (broad SMARTS) is 1. The van der Waals surface area contributed by atoms with E-state index in [1.54, 1.807) is 33.2 Å². The number of carbonyl (C=O) groups excluding carboxylic acids is 1. The summed E-state index contributed by atoms with van der Waals surface area (Å²) in [6, 6.07) is 6.83. The molecule has 0 radical (unpaired) electrons. The standard InChI is InChI=1S/C15H21ClN2O4/c1-10(14(19)20)9-18(2)15(21)17-8-13(22-3)11-4-6-12(16)7-5-11/h4-7,10,13H,8-9H2,1-3H3,(H,17,21)(H,19,20). The van der Waals surface area contributed by atoms with Gasteiger partial charge < -0.3 is 20.1 Å². The zero-order chi connectivity index (χ0) is 16.7. The van der Waals surface area contributed by atoms with Crippen LogP contribution in [0.3, 0.4) is 0 Å². The zero-order valence-electron chi connectivity index (χ0n) is 12.9. The van der Waals surface area contributed by atoms with Crippen molar-refractivity contribution in [3.05, 3.63) is 34.9 Å². The van der Waals surface area contributed by atoms with E-state index in [4.69, 9.17) is 21.4 Å². The van der Waals surface area contributed by atoms with Crippen LogP contribution in [0.4, 0.5) is 4.79 Å². The summed E-state index contributed by atoms with van der Waals surface area (Å²) in [4.78, 5) is 24.1. The third kappa shape index (κ3) is 5.54. The lowest BCUT2D eigenvalue weighted by molar-refractivity contribution is -0.141. The zero-order valence-corrected chi connectivity index (χ0v) is 13.6.